The molecule has 1 heterocycles. The minimum Gasteiger partial charge on any atom is -0.366 e. The molecule has 1 unspecified atom stereocenters. The summed E-state index contributed by atoms with van der Waals surface area (Å²) >= 11 is 0. The van der Waals surface area contributed by atoms with Crippen LogP contribution in [0.4, 0.5) is 5.82 Å². The zero-order chi connectivity index (χ0) is 12.1. The van der Waals surface area contributed by atoms with E-state index in [1.807, 2.05) is 6.07 Å². The molecule has 3 heteroatoms. The SMILES string of the molecule is CC(Nc1ncccc1C#N)C1CCCCC1. The Bertz CT molecular complexity index is 402. The summed E-state index contributed by atoms with van der Waals surface area (Å²) in [5.41, 5.74) is 0.634. The third kappa shape index (κ3) is 2.97. The first-order valence-corrected chi connectivity index (χ1v) is 6.43. The van der Waals surface area contributed by atoms with Gasteiger partial charge in [-0.25, -0.2) is 4.98 Å². The Morgan fingerprint density at radius 1 is 1.41 bits per heavy atom. The molecule has 1 aliphatic carbocycles. The number of rotatable bonds is 3. The second kappa shape index (κ2) is 5.67. The smallest absolute Gasteiger partial charge is 0.144 e. The van der Waals surface area contributed by atoms with Gasteiger partial charge in [-0.15, -0.1) is 0 Å². The van der Waals surface area contributed by atoms with Crippen molar-refractivity contribution in [3.8, 4) is 6.07 Å². The van der Waals surface area contributed by atoms with Gasteiger partial charge >= 0.3 is 0 Å². The summed E-state index contributed by atoms with van der Waals surface area (Å²) in [5, 5.41) is 12.4. The summed E-state index contributed by atoms with van der Waals surface area (Å²) in [5.74, 6) is 1.45. The number of hydrogen-bond acceptors (Lipinski definition) is 3. The Labute approximate surface area is 103 Å². The molecule has 0 amide bonds. The molecule has 0 bridgehead atoms. The zero-order valence-corrected chi connectivity index (χ0v) is 10.3. The Kier molecular flexibility index (Phi) is 3.98. The number of nitrogens with zero attached hydrogens (tertiary/aromatic N) is 2. The minimum absolute atomic E-state index is 0.400. The average molecular weight is 229 g/mol. The van der Waals surface area contributed by atoms with E-state index in [-0.39, 0.29) is 0 Å². The van der Waals surface area contributed by atoms with Gasteiger partial charge in [0.25, 0.3) is 0 Å². The van der Waals surface area contributed by atoms with Gasteiger partial charge in [0.15, 0.2) is 0 Å². The van der Waals surface area contributed by atoms with Gasteiger partial charge in [0, 0.05) is 12.2 Å². The van der Waals surface area contributed by atoms with Crippen LogP contribution in [0.5, 0.6) is 0 Å². The lowest BCUT2D eigenvalue weighted by Crippen LogP contribution is -2.28. The van der Waals surface area contributed by atoms with E-state index < -0.39 is 0 Å². The van der Waals surface area contributed by atoms with E-state index in [1.54, 1.807) is 12.3 Å². The van der Waals surface area contributed by atoms with Crippen molar-refractivity contribution in [2.75, 3.05) is 5.32 Å². The highest BCUT2D eigenvalue weighted by Gasteiger charge is 2.20. The van der Waals surface area contributed by atoms with Crippen molar-refractivity contribution in [3.05, 3.63) is 23.9 Å². The molecule has 90 valence electrons. The summed E-state index contributed by atoms with van der Waals surface area (Å²) in [4.78, 5) is 4.25. The molecule has 1 aromatic heterocycles. The largest absolute Gasteiger partial charge is 0.366 e. The van der Waals surface area contributed by atoms with Crippen LogP contribution in [-0.4, -0.2) is 11.0 Å². The van der Waals surface area contributed by atoms with Gasteiger partial charge in [-0.05, 0) is 37.8 Å². The fourth-order valence-corrected chi connectivity index (χ4v) is 2.58. The summed E-state index contributed by atoms with van der Waals surface area (Å²) in [6, 6.07) is 6.19. The summed E-state index contributed by atoms with van der Waals surface area (Å²) in [6.07, 6.45) is 8.37. The van der Waals surface area contributed by atoms with Crippen molar-refractivity contribution in [1.82, 2.24) is 4.98 Å². The maximum absolute atomic E-state index is 9.01. The van der Waals surface area contributed by atoms with Crippen LogP contribution < -0.4 is 5.32 Å². The number of nitriles is 1. The van der Waals surface area contributed by atoms with Crippen LogP contribution in [0.2, 0.25) is 0 Å². The third-order valence-corrected chi connectivity index (χ3v) is 3.65. The minimum atomic E-state index is 0.400. The Balaban J connectivity index is 2.02. The maximum Gasteiger partial charge on any atom is 0.144 e. The molecule has 1 saturated carbocycles. The Morgan fingerprint density at radius 3 is 2.88 bits per heavy atom. The molecular weight excluding hydrogens is 210 g/mol. The molecule has 0 aliphatic heterocycles. The Hall–Kier alpha value is -1.56. The molecule has 1 fully saturated rings. The van der Waals surface area contributed by atoms with Gasteiger partial charge in [0.1, 0.15) is 11.9 Å². The van der Waals surface area contributed by atoms with E-state index in [2.05, 4.69) is 23.3 Å². The molecule has 0 aromatic carbocycles. The van der Waals surface area contributed by atoms with Crippen LogP contribution in [0.3, 0.4) is 0 Å². The Morgan fingerprint density at radius 2 is 2.18 bits per heavy atom. The number of nitrogens with one attached hydrogen (secondary N) is 1. The van der Waals surface area contributed by atoms with E-state index in [1.165, 1.54) is 32.1 Å². The van der Waals surface area contributed by atoms with Gasteiger partial charge < -0.3 is 5.32 Å². The lowest BCUT2D eigenvalue weighted by Gasteiger charge is -2.28. The number of anilines is 1. The average Bonchev–Trinajstić information content (AvgIpc) is 2.40. The number of hydrogen-bond donors (Lipinski definition) is 1. The lowest BCUT2D eigenvalue weighted by molar-refractivity contribution is 0.328. The fraction of sp³-hybridized carbons (Fsp3) is 0.571. The standard InChI is InChI=1S/C14H19N3/c1-11(12-6-3-2-4-7-12)17-14-13(10-15)8-5-9-16-14/h5,8-9,11-12H,2-4,6-7H2,1H3,(H,16,17). The maximum atomic E-state index is 9.01. The van der Waals surface area contributed by atoms with E-state index >= 15 is 0 Å². The van der Waals surface area contributed by atoms with Crippen LogP contribution in [0.25, 0.3) is 0 Å². The molecule has 2 rings (SSSR count). The van der Waals surface area contributed by atoms with E-state index in [0.29, 0.717) is 11.6 Å². The topological polar surface area (TPSA) is 48.7 Å². The fourth-order valence-electron chi connectivity index (χ4n) is 2.58. The first kappa shape index (κ1) is 11.9. The highest BCUT2D eigenvalue weighted by Crippen LogP contribution is 2.28. The predicted molar refractivity (Wildman–Crippen MR) is 68.6 cm³/mol. The highest BCUT2D eigenvalue weighted by molar-refractivity contribution is 5.51. The van der Waals surface area contributed by atoms with Gasteiger partial charge in [-0.2, -0.15) is 5.26 Å². The van der Waals surface area contributed by atoms with Crippen LogP contribution in [0, 0.1) is 17.2 Å². The van der Waals surface area contributed by atoms with E-state index in [4.69, 9.17) is 5.26 Å². The molecule has 1 aromatic rings. The molecule has 0 spiro atoms. The van der Waals surface area contributed by atoms with Crippen molar-refractivity contribution in [2.45, 2.75) is 45.1 Å². The van der Waals surface area contributed by atoms with Gasteiger partial charge in [0.2, 0.25) is 0 Å². The molecule has 0 saturated heterocycles. The van der Waals surface area contributed by atoms with Crippen molar-refractivity contribution in [2.24, 2.45) is 5.92 Å². The second-order valence-electron chi connectivity index (χ2n) is 4.84. The first-order chi connectivity index (χ1) is 8.31. The van der Waals surface area contributed by atoms with Crippen LogP contribution in [0.1, 0.15) is 44.6 Å². The first-order valence-electron chi connectivity index (χ1n) is 6.43. The van der Waals surface area contributed by atoms with Crippen molar-refractivity contribution < 1.29 is 0 Å². The van der Waals surface area contributed by atoms with Gasteiger partial charge in [-0.1, -0.05) is 19.3 Å². The van der Waals surface area contributed by atoms with Crippen LogP contribution >= 0.6 is 0 Å². The van der Waals surface area contributed by atoms with Crippen LogP contribution in [0.15, 0.2) is 18.3 Å². The normalized spacial score (nSPS) is 18.4. The van der Waals surface area contributed by atoms with Gasteiger partial charge in [-0.3, -0.25) is 0 Å². The lowest BCUT2D eigenvalue weighted by atomic mass is 9.84. The highest BCUT2D eigenvalue weighted by atomic mass is 15.0. The molecule has 3 nitrogen and oxygen atoms in total. The number of aromatic nitrogens is 1. The molecule has 1 aliphatic rings. The van der Waals surface area contributed by atoms with Crippen molar-refractivity contribution in [1.29, 1.82) is 5.26 Å². The molecule has 1 N–H and O–H groups in total. The molecule has 17 heavy (non-hydrogen) atoms. The quantitative estimate of drug-likeness (QED) is 0.864. The van der Waals surface area contributed by atoms with Crippen molar-refractivity contribution in [3.63, 3.8) is 0 Å². The summed E-state index contributed by atoms with van der Waals surface area (Å²) < 4.78 is 0. The van der Waals surface area contributed by atoms with E-state index in [0.717, 1.165) is 11.7 Å². The van der Waals surface area contributed by atoms with Gasteiger partial charge in [0.05, 0.1) is 5.56 Å². The van der Waals surface area contributed by atoms with Crippen LogP contribution in [-0.2, 0) is 0 Å². The second-order valence-corrected chi connectivity index (χ2v) is 4.84. The summed E-state index contributed by atoms with van der Waals surface area (Å²) in [6.45, 7) is 2.20. The summed E-state index contributed by atoms with van der Waals surface area (Å²) in [7, 11) is 0. The number of pyridine rings is 1. The zero-order valence-electron chi connectivity index (χ0n) is 10.3. The third-order valence-electron chi connectivity index (χ3n) is 3.65. The van der Waals surface area contributed by atoms with Crippen molar-refractivity contribution >= 4 is 5.82 Å². The molecule has 1 atom stereocenters. The predicted octanol–water partition coefficient (Wildman–Crippen LogP) is 3.33. The molecular formula is C14H19N3. The van der Waals surface area contributed by atoms with E-state index in [9.17, 15) is 0 Å². The monoisotopic (exact) mass is 229 g/mol. The molecule has 0 radical (unpaired) electrons.